The minimum Gasteiger partial charge on any atom is -0.452 e. The van der Waals surface area contributed by atoms with Crippen LogP contribution in [0.5, 0.6) is 0 Å². The molecule has 4 heteroatoms. The Balaban J connectivity index is 2.56. The van der Waals surface area contributed by atoms with Gasteiger partial charge in [-0.3, -0.25) is 4.79 Å². The van der Waals surface area contributed by atoms with Crippen LogP contribution < -0.4 is 10.6 Å². The van der Waals surface area contributed by atoms with Gasteiger partial charge in [-0.05, 0) is 6.42 Å². The molecule has 0 heterocycles. The lowest BCUT2D eigenvalue weighted by atomic mass is 10.3. The van der Waals surface area contributed by atoms with Gasteiger partial charge in [0.05, 0.1) is 0 Å². The molecule has 2 aromatic carbocycles. The molecule has 0 spiro atoms. The lowest BCUT2D eigenvalue weighted by molar-refractivity contribution is -0.141. The van der Waals surface area contributed by atoms with Crippen LogP contribution in [0.2, 0.25) is 0 Å². The second-order valence-electron chi connectivity index (χ2n) is 5.06. The molecule has 0 saturated heterocycles. The standard InChI is InChI=1S/C19H19O3P/c1-3-15-22-19(20)18(4-2)23(21,16-11-7-5-8-12-16)17-13-9-6-10-14-17/h1,5-14,18H,4,15H2,2H3. The number of carbonyl (C=O) groups is 1. The number of hydrogen-bond donors (Lipinski definition) is 0. The van der Waals surface area contributed by atoms with E-state index in [0.29, 0.717) is 17.0 Å². The Bertz CT molecular complexity index is 689. The van der Waals surface area contributed by atoms with Gasteiger partial charge in [0.2, 0.25) is 0 Å². The van der Waals surface area contributed by atoms with Crippen molar-refractivity contribution in [2.75, 3.05) is 6.61 Å². The van der Waals surface area contributed by atoms with E-state index in [-0.39, 0.29) is 6.61 Å². The number of esters is 1. The van der Waals surface area contributed by atoms with Gasteiger partial charge in [-0.2, -0.15) is 0 Å². The zero-order valence-electron chi connectivity index (χ0n) is 13.0. The molecule has 0 saturated carbocycles. The molecule has 0 aliphatic rings. The summed E-state index contributed by atoms with van der Waals surface area (Å²) in [5, 5.41) is 1.30. The largest absolute Gasteiger partial charge is 0.452 e. The van der Waals surface area contributed by atoms with E-state index < -0.39 is 18.8 Å². The Hall–Kier alpha value is -2.30. The molecule has 0 aliphatic carbocycles. The molecule has 2 rings (SSSR count). The number of rotatable bonds is 6. The maximum atomic E-state index is 14.0. The fourth-order valence-corrected chi connectivity index (χ4v) is 5.72. The Morgan fingerprint density at radius 2 is 1.57 bits per heavy atom. The molecule has 0 fully saturated rings. The van der Waals surface area contributed by atoms with Crippen molar-refractivity contribution in [3.05, 3.63) is 60.7 Å². The summed E-state index contributed by atoms with van der Waals surface area (Å²) in [6, 6.07) is 18.2. The molecule has 0 bridgehead atoms. The first-order valence-corrected chi connectivity index (χ1v) is 9.23. The van der Waals surface area contributed by atoms with Gasteiger partial charge in [0, 0.05) is 10.6 Å². The molecule has 1 unspecified atom stereocenters. The van der Waals surface area contributed by atoms with Gasteiger partial charge < -0.3 is 9.30 Å². The fourth-order valence-electron chi connectivity index (χ4n) is 2.59. The highest BCUT2D eigenvalue weighted by molar-refractivity contribution is 7.80. The van der Waals surface area contributed by atoms with Gasteiger partial charge in [-0.15, -0.1) is 6.42 Å². The summed E-state index contributed by atoms with van der Waals surface area (Å²) in [4.78, 5) is 12.4. The molecule has 0 aromatic heterocycles. The van der Waals surface area contributed by atoms with E-state index in [9.17, 15) is 9.36 Å². The normalized spacial score (nSPS) is 12.2. The third-order valence-electron chi connectivity index (χ3n) is 3.67. The van der Waals surface area contributed by atoms with Gasteiger partial charge >= 0.3 is 5.97 Å². The van der Waals surface area contributed by atoms with Crippen molar-refractivity contribution < 1.29 is 14.1 Å². The molecule has 118 valence electrons. The fraction of sp³-hybridized carbons (Fsp3) is 0.211. The van der Waals surface area contributed by atoms with Crippen molar-refractivity contribution in [2.45, 2.75) is 19.0 Å². The summed E-state index contributed by atoms with van der Waals surface area (Å²) in [5.74, 6) is 1.76. The van der Waals surface area contributed by atoms with Crippen molar-refractivity contribution in [1.29, 1.82) is 0 Å². The smallest absolute Gasteiger partial charge is 0.318 e. The Labute approximate surface area is 137 Å². The van der Waals surface area contributed by atoms with E-state index in [0.717, 1.165) is 0 Å². The first-order chi connectivity index (χ1) is 11.1. The molecule has 0 radical (unpaired) electrons. The average molecular weight is 326 g/mol. The highest BCUT2D eigenvalue weighted by atomic mass is 31.2. The zero-order chi connectivity index (χ0) is 16.7. The van der Waals surface area contributed by atoms with E-state index in [4.69, 9.17) is 11.2 Å². The molecular formula is C19H19O3P. The number of ether oxygens (including phenoxy) is 1. The van der Waals surface area contributed by atoms with Crippen molar-refractivity contribution in [3.8, 4) is 12.3 Å². The van der Waals surface area contributed by atoms with E-state index in [2.05, 4.69) is 5.92 Å². The highest BCUT2D eigenvalue weighted by Crippen LogP contribution is 2.50. The van der Waals surface area contributed by atoms with Gasteiger partial charge in [-0.1, -0.05) is 73.5 Å². The van der Waals surface area contributed by atoms with Crippen LogP contribution in [-0.4, -0.2) is 18.2 Å². The minimum atomic E-state index is -3.17. The van der Waals surface area contributed by atoms with Gasteiger partial charge in [0.15, 0.2) is 13.7 Å². The summed E-state index contributed by atoms with van der Waals surface area (Å²) in [6.07, 6.45) is 5.56. The predicted molar refractivity (Wildman–Crippen MR) is 93.6 cm³/mol. The quantitative estimate of drug-likeness (QED) is 0.466. The molecular weight excluding hydrogens is 307 g/mol. The molecule has 3 nitrogen and oxygen atoms in total. The highest BCUT2D eigenvalue weighted by Gasteiger charge is 2.41. The van der Waals surface area contributed by atoms with E-state index >= 15 is 0 Å². The summed E-state index contributed by atoms with van der Waals surface area (Å²) >= 11 is 0. The number of carbonyl (C=O) groups excluding carboxylic acids is 1. The lowest BCUT2D eigenvalue weighted by Gasteiger charge is -2.26. The number of benzene rings is 2. The van der Waals surface area contributed by atoms with Crippen LogP contribution in [0.3, 0.4) is 0 Å². The van der Waals surface area contributed by atoms with Crippen LogP contribution in [0.1, 0.15) is 13.3 Å². The van der Waals surface area contributed by atoms with Crippen LogP contribution in [-0.2, 0) is 14.1 Å². The first kappa shape index (κ1) is 17.1. The van der Waals surface area contributed by atoms with Gasteiger partial charge in [-0.25, -0.2) is 0 Å². The van der Waals surface area contributed by atoms with Crippen LogP contribution in [0.4, 0.5) is 0 Å². The lowest BCUT2D eigenvalue weighted by Crippen LogP contribution is -2.32. The zero-order valence-corrected chi connectivity index (χ0v) is 13.9. The van der Waals surface area contributed by atoms with Gasteiger partial charge in [0.25, 0.3) is 0 Å². The van der Waals surface area contributed by atoms with E-state index in [1.54, 1.807) is 24.3 Å². The molecule has 1 atom stereocenters. The summed E-state index contributed by atoms with van der Waals surface area (Å²) in [7, 11) is -3.17. The summed E-state index contributed by atoms with van der Waals surface area (Å²) in [5.41, 5.74) is -0.749. The van der Waals surface area contributed by atoms with Crippen LogP contribution in [0.25, 0.3) is 0 Å². The SMILES string of the molecule is C#CCOC(=O)C(CC)P(=O)(c1ccccc1)c1ccccc1. The molecule has 23 heavy (non-hydrogen) atoms. The van der Waals surface area contributed by atoms with Gasteiger partial charge in [0.1, 0.15) is 5.66 Å². The molecule has 0 N–H and O–H groups in total. The molecule has 0 aliphatic heterocycles. The van der Waals surface area contributed by atoms with Crippen LogP contribution in [0.15, 0.2) is 60.7 Å². The topological polar surface area (TPSA) is 43.4 Å². The molecule has 2 aromatic rings. The molecule has 0 amide bonds. The van der Waals surface area contributed by atoms with Crippen LogP contribution >= 0.6 is 7.14 Å². The van der Waals surface area contributed by atoms with E-state index in [1.165, 1.54) is 0 Å². The van der Waals surface area contributed by atoms with Crippen molar-refractivity contribution in [1.82, 2.24) is 0 Å². The maximum Gasteiger partial charge on any atom is 0.318 e. The van der Waals surface area contributed by atoms with Crippen molar-refractivity contribution in [3.63, 3.8) is 0 Å². The third kappa shape index (κ3) is 3.55. The summed E-state index contributed by atoms with van der Waals surface area (Å²) < 4.78 is 19.1. The maximum absolute atomic E-state index is 14.0. The minimum absolute atomic E-state index is 0.112. The monoisotopic (exact) mass is 326 g/mol. The Morgan fingerprint density at radius 1 is 1.09 bits per heavy atom. The third-order valence-corrected chi connectivity index (χ3v) is 7.26. The second-order valence-corrected chi connectivity index (χ2v) is 8.04. The first-order valence-electron chi connectivity index (χ1n) is 7.45. The average Bonchev–Trinajstić information content (AvgIpc) is 2.61. The predicted octanol–water partition coefficient (Wildman–Crippen LogP) is 2.96. The summed E-state index contributed by atoms with van der Waals surface area (Å²) in [6.45, 7) is 1.72. The number of terminal acetylenes is 1. The van der Waals surface area contributed by atoms with E-state index in [1.807, 2.05) is 43.3 Å². The Morgan fingerprint density at radius 3 is 1.96 bits per heavy atom. The Kier molecular flexibility index (Phi) is 5.79. The second kappa shape index (κ2) is 7.81. The van der Waals surface area contributed by atoms with Crippen molar-refractivity contribution >= 4 is 23.7 Å². The number of hydrogen-bond acceptors (Lipinski definition) is 3. The van der Waals surface area contributed by atoms with Crippen molar-refractivity contribution in [2.24, 2.45) is 0 Å². The van der Waals surface area contributed by atoms with Crippen LogP contribution in [0, 0.1) is 12.3 Å².